The first-order valence-corrected chi connectivity index (χ1v) is 10.7. The highest BCUT2D eigenvalue weighted by Gasteiger charge is 2.24. The van der Waals surface area contributed by atoms with Gasteiger partial charge in [0.1, 0.15) is 11.6 Å². The van der Waals surface area contributed by atoms with Crippen molar-refractivity contribution in [2.75, 3.05) is 31.1 Å². The fourth-order valence-corrected chi connectivity index (χ4v) is 4.14. The van der Waals surface area contributed by atoms with E-state index in [2.05, 4.69) is 47.2 Å². The lowest BCUT2D eigenvalue weighted by atomic mass is 9.99. The van der Waals surface area contributed by atoms with E-state index < -0.39 is 0 Å². The average molecular weight is 398 g/mol. The molecule has 156 valence electrons. The van der Waals surface area contributed by atoms with E-state index in [0.29, 0.717) is 12.0 Å². The molecule has 2 aliphatic heterocycles. The minimum absolute atomic E-state index is 0.336. The van der Waals surface area contributed by atoms with Crippen LogP contribution in [0.15, 0.2) is 23.5 Å². The van der Waals surface area contributed by atoms with Crippen LogP contribution in [0.1, 0.15) is 37.8 Å². The summed E-state index contributed by atoms with van der Waals surface area (Å²) >= 11 is 0. The summed E-state index contributed by atoms with van der Waals surface area (Å²) in [5.41, 5.74) is 0. The third-order valence-corrected chi connectivity index (χ3v) is 5.68. The molecule has 9 heteroatoms. The van der Waals surface area contributed by atoms with Gasteiger partial charge in [0.2, 0.25) is 5.95 Å². The van der Waals surface area contributed by atoms with Gasteiger partial charge in [0, 0.05) is 57.6 Å². The molecule has 0 bridgehead atoms. The number of rotatable bonds is 5. The molecule has 2 aromatic heterocycles. The number of hydrogen-bond donors (Lipinski definition) is 2. The van der Waals surface area contributed by atoms with Gasteiger partial charge in [-0.15, -0.1) is 10.2 Å². The topological polar surface area (TPSA) is 96.1 Å². The summed E-state index contributed by atoms with van der Waals surface area (Å²) < 4.78 is 2.24. The van der Waals surface area contributed by atoms with Crippen LogP contribution in [0.3, 0.4) is 0 Å². The summed E-state index contributed by atoms with van der Waals surface area (Å²) in [6, 6.07) is 2.19. The van der Waals surface area contributed by atoms with Crippen molar-refractivity contribution < 1.29 is 0 Å². The minimum atomic E-state index is 0.336. The molecular formula is C20H31N9. The minimum Gasteiger partial charge on any atom is -0.357 e. The lowest BCUT2D eigenvalue weighted by molar-refractivity contribution is 0.369. The Morgan fingerprint density at radius 2 is 2.07 bits per heavy atom. The Balaban J connectivity index is 1.35. The van der Waals surface area contributed by atoms with Gasteiger partial charge in [-0.1, -0.05) is 0 Å². The number of guanidine groups is 1. The summed E-state index contributed by atoms with van der Waals surface area (Å²) in [6.07, 6.45) is 7.95. The van der Waals surface area contributed by atoms with Gasteiger partial charge in [0.15, 0.2) is 5.96 Å². The zero-order valence-electron chi connectivity index (χ0n) is 17.4. The number of piperidine rings is 1. The van der Waals surface area contributed by atoms with E-state index in [9.17, 15) is 0 Å². The van der Waals surface area contributed by atoms with Crippen molar-refractivity contribution in [3.63, 3.8) is 0 Å². The first-order chi connectivity index (χ1) is 14.2. The van der Waals surface area contributed by atoms with Crippen LogP contribution in [0.25, 0.3) is 0 Å². The number of nitrogens with zero attached hydrogens (tertiary/aromatic N) is 7. The molecule has 0 aromatic carbocycles. The normalized spacial score (nSPS) is 22.3. The van der Waals surface area contributed by atoms with Crippen molar-refractivity contribution in [2.24, 2.45) is 10.9 Å². The van der Waals surface area contributed by atoms with Crippen LogP contribution >= 0.6 is 0 Å². The van der Waals surface area contributed by atoms with Crippen molar-refractivity contribution in [3.8, 4) is 0 Å². The highest BCUT2D eigenvalue weighted by atomic mass is 15.3. The standard InChI is InChI=1S/C20H31N9/c1-3-21-19(24-12-16-7-8-18-27-26-15(2)29(18)13-16)25-17-6-4-11-28(14-17)20-22-9-5-10-23-20/h5,9-10,16-17H,3-4,6-8,11-14H2,1-2H3,(H2,21,24,25). The quantitative estimate of drug-likeness (QED) is 0.577. The smallest absolute Gasteiger partial charge is 0.225 e. The highest BCUT2D eigenvalue weighted by Crippen LogP contribution is 2.20. The van der Waals surface area contributed by atoms with Crippen LogP contribution in [-0.4, -0.2) is 62.9 Å². The van der Waals surface area contributed by atoms with Crippen molar-refractivity contribution in [2.45, 2.75) is 52.1 Å². The molecule has 2 N–H and O–H groups in total. The van der Waals surface area contributed by atoms with E-state index >= 15 is 0 Å². The zero-order chi connectivity index (χ0) is 20.1. The van der Waals surface area contributed by atoms with Gasteiger partial charge in [-0.3, -0.25) is 4.99 Å². The summed E-state index contributed by atoms with van der Waals surface area (Å²) in [5, 5.41) is 15.5. The van der Waals surface area contributed by atoms with E-state index in [-0.39, 0.29) is 0 Å². The Kier molecular flexibility index (Phi) is 6.21. The fraction of sp³-hybridized carbons (Fsp3) is 0.650. The number of aromatic nitrogens is 5. The number of aliphatic imine (C=N–C) groups is 1. The Bertz CT molecular complexity index is 817. The van der Waals surface area contributed by atoms with Crippen molar-refractivity contribution >= 4 is 11.9 Å². The second kappa shape index (κ2) is 9.19. The molecule has 0 radical (unpaired) electrons. The predicted molar refractivity (Wildman–Crippen MR) is 113 cm³/mol. The van der Waals surface area contributed by atoms with E-state index in [0.717, 1.165) is 82.0 Å². The SMILES string of the molecule is CCNC(=NCC1CCc2nnc(C)n2C1)NC1CCCN(c2ncccn2)C1. The van der Waals surface area contributed by atoms with E-state index in [1.165, 1.54) is 0 Å². The second-order valence-electron chi connectivity index (χ2n) is 7.88. The van der Waals surface area contributed by atoms with Crippen LogP contribution < -0.4 is 15.5 Å². The van der Waals surface area contributed by atoms with Crippen LogP contribution in [0.5, 0.6) is 0 Å². The molecule has 2 unspecified atom stereocenters. The molecule has 2 aliphatic rings. The molecule has 4 heterocycles. The summed E-state index contributed by atoms with van der Waals surface area (Å²) in [5.74, 6) is 4.35. The predicted octanol–water partition coefficient (Wildman–Crippen LogP) is 1.16. The highest BCUT2D eigenvalue weighted by molar-refractivity contribution is 5.80. The molecule has 1 fully saturated rings. The zero-order valence-corrected chi connectivity index (χ0v) is 17.4. The number of aryl methyl sites for hydroxylation is 2. The van der Waals surface area contributed by atoms with Gasteiger partial charge < -0.3 is 20.1 Å². The lowest BCUT2D eigenvalue weighted by Crippen LogP contribution is -2.51. The first kappa shape index (κ1) is 19.6. The van der Waals surface area contributed by atoms with Gasteiger partial charge in [0.05, 0.1) is 0 Å². The first-order valence-electron chi connectivity index (χ1n) is 10.7. The Morgan fingerprint density at radius 3 is 2.90 bits per heavy atom. The second-order valence-corrected chi connectivity index (χ2v) is 7.88. The largest absolute Gasteiger partial charge is 0.357 e. The molecule has 2 atom stereocenters. The third kappa shape index (κ3) is 4.83. The molecule has 0 amide bonds. The summed E-state index contributed by atoms with van der Waals surface area (Å²) in [6.45, 7) is 8.64. The molecule has 0 spiro atoms. The van der Waals surface area contributed by atoms with Crippen molar-refractivity contribution in [1.82, 2.24) is 35.4 Å². The average Bonchev–Trinajstić information content (AvgIpc) is 3.13. The third-order valence-electron chi connectivity index (χ3n) is 5.68. The Labute approximate surface area is 172 Å². The molecule has 4 rings (SSSR count). The van der Waals surface area contributed by atoms with Gasteiger partial charge in [0.25, 0.3) is 0 Å². The maximum atomic E-state index is 4.91. The Hall–Kier alpha value is -2.71. The van der Waals surface area contributed by atoms with Crippen LogP contribution in [0, 0.1) is 12.8 Å². The number of hydrogen-bond acceptors (Lipinski definition) is 6. The van der Waals surface area contributed by atoms with Crippen LogP contribution in [0.2, 0.25) is 0 Å². The monoisotopic (exact) mass is 397 g/mol. The summed E-state index contributed by atoms with van der Waals surface area (Å²) in [7, 11) is 0. The van der Waals surface area contributed by atoms with Crippen LogP contribution in [0.4, 0.5) is 5.95 Å². The van der Waals surface area contributed by atoms with Gasteiger partial charge in [-0.05, 0) is 45.1 Å². The summed E-state index contributed by atoms with van der Waals surface area (Å²) in [4.78, 5) is 16.0. The lowest BCUT2D eigenvalue weighted by Gasteiger charge is -2.34. The molecule has 2 aromatic rings. The molecule has 1 saturated heterocycles. The molecular weight excluding hydrogens is 366 g/mol. The van der Waals surface area contributed by atoms with E-state index in [4.69, 9.17) is 4.99 Å². The number of fused-ring (bicyclic) bond motifs is 1. The Morgan fingerprint density at radius 1 is 1.21 bits per heavy atom. The van der Waals surface area contributed by atoms with E-state index in [1.807, 2.05) is 13.0 Å². The van der Waals surface area contributed by atoms with Crippen molar-refractivity contribution in [1.29, 1.82) is 0 Å². The van der Waals surface area contributed by atoms with E-state index in [1.54, 1.807) is 12.4 Å². The number of anilines is 1. The maximum absolute atomic E-state index is 4.91. The molecule has 0 aliphatic carbocycles. The van der Waals surface area contributed by atoms with Crippen LogP contribution in [-0.2, 0) is 13.0 Å². The number of nitrogens with one attached hydrogen (secondary N) is 2. The maximum Gasteiger partial charge on any atom is 0.225 e. The van der Waals surface area contributed by atoms with Gasteiger partial charge in [-0.2, -0.15) is 0 Å². The molecule has 9 nitrogen and oxygen atoms in total. The van der Waals surface area contributed by atoms with Gasteiger partial charge in [-0.25, -0.2) is 9.97 Å². The molecule has 29 heavy (non-hydrogen) atoms. The molecule has 0 saturated carbocycles. The van der Waals surface area contributed by atoms with Gasteiger partial charge >= 0.3 is 0 Å². The van der Waals surface area contributed by atoms with Crippen molar-refractivity contribution in [3.05, 3.63) is 30.1 Å². The fourth-order valence-electron chi connectivity index (χ4n) is 4.14.